The average molecular weight is 270 g/mol. The Morgan fingerprint density at radius 3 is 1.92 bits per heavy atom. The van der Waals surface area contributed by atoms with Crippen molar-refractivity contribution in [3.63, 3.8) is 0 Å². The molecule has 0 spiro atoms. The molecule has 0 aromatic heterocycles. The first-order valence-electron chi connectivity index (χ1n) is 3.45. The van der Waals surface area contributed by atoms with Gasteiger partial charge < -0.3 is 31.4 Å². The van der Waals surface area contributed by atoms with Gasteiger partial charge in [0.25, 0.3) is 0 Å². The Labute approximate surface area is 124 Å². The Hall–Kier alpha value is 1.94. The summed E-state index contributed by atoms with van der Waals surface area (Å²) in [5.41, 5.74) is 0. The maximum atomic E-state index is 5.19. The van der Waals surface area contributed by atoms with E-state index in [1.807, 2.05) is 0 Å². The van der Waals surface area contributed by atoms with Gasteiger partial charge in [0.15, 0.2) is 0 Å². The minimum Gasteiger partial charge on any atom is -1.00 e. The van der Waals surface area contributed by atoms with Crippen molar-refractivity contribution in [2.45, 2.75) is 39.0 Å². The SMILES string of the molecule is [CH-]=CCCCCCC.[Cl-].[Cl-].[Na+].[Zn+2]. The van der Waals surface area contributed by atoms with Crippen molar-refractivity contribution in [1.82, 2.24) is 0 Å². The van der Waals surface area contributed by atoms with Crippen LogP contribution in [0.1, 0.15) is 39.0 Å². The Balaban J connectivity index is -0.0000000408. The topological polar surface area (TPSA) is 0 Å². The summed E-state index contributed by atoms with van der Waals surface area (Å²) >= 11 is 0. The summed E-state index contributed by atoms with van der Waals surface area (Å²) in [5.74, 6) is 0. The predicted octanol–water partition coefficient (Wildman–Crippen LogP) is -6.04. The third-order valence-corrected chi connectivity index (χ3v) is 1.22. The van der Waals surface area contributed by atoms with Gasteiger partial charge in [-0.2, -0.15) is 0 Å². The molecular formula is C8H15Cl2NaZn. The normalized spacial score (nSPS) is 6.08. The molecule has 0 bridgehead atoms. The van der Waals surface area contributed by atoms with E-state index in [9.17, 15) is 0 Å². The van der Waals surface area contributed by atoms with Crippen molar-refractivity contribution >= 4 is 0 Å². The zero-order valence-electron chi connectivity index (χ0n) is 8.15. The summed E-state index contributed by atoms with van der Waals surface area (Å²) in [6.45, 7) is 7.40. The van der Waals surface area contributed by atoms with Gasteiger partial charge in [-0.1, -0.05) is 39.0 Å². The zero-order valence-corrected chi connectivity index (χ0v) is 14.6. The van der Waals surface area contributed by atoms with Crippen LogP contribution in [-0.2, 0) is 19.5 Å². The van der Waals surface area contributed by atoms with E-state index in [2.05, 4.69) is 6.92 Å². The molecule has 12 heavy (non-hydrogen) atoms. The number of unbranched alkanes of at least 4 members (excludes halogenated alkanes) is 4. The molecule has 0 rings (SSSR count). The van der Waals surface area contributed by atoms with Crippen LogP contribution < -0.4 is 54.4 Å². The van der Waals surface area contributed by atoms with Gasteiger partial charge in [0.2, 0.25) is 0 Å². The van der Waals surface area contributed by atoms with Gasteiger partial charge in [-0.3, -0.25) is 6.08 Å². The minimum atomic E-state index is 0. The summed E-state index contributed by atoms with van der Waals surface area (Å²) in [7, 11) is 0. The van der Waals surface area contributed by atoms with E-state index in [4.69, 9.17) is 6.58 Å². The summed E-state index contributed by atoms with van der Waals surface area (Å²) < 4.78 is 0. The third kappa shape index (κ3) is 29.7. The van der Waals surface area contributed by atoms with E-state index in [1.54, 1.807) is 6.08 Å². The van der Waals surface area contributed by atoms with Crippen LogP contribution in [0.3, 0.4) is 0 Å². The van der Waals surface area contributed by atoms with Crippen molar-refractivity contribution in [1.29, 1.82) is 0 Å². The number of hydrogen-bond acceptors (Lipinski definition) is 0. The third-order valence-electron chi connectivity index (χ3n) is 1.22. The second-order valence-electron chi connectivity index (χ2n) is 2.09. The fraction of sp³-hybridized carbons (Fsp3) is 0.750. The molecule has 0 atom stereocenters. The smallest absolute Gasteiger partial charge is 1.00 e. The van der Waals surface area contributed by atoms with Crippen LogP contribution in [-0.4, -0.2) is 0 Å². The molecule has 0 nitrogen and oxygen atoms in total. The Kier molecular flexibility index (Phi) is 71.2. The van der Waals surface area contributed by atoms with E-state index >= 15 is 0 Å². The van der Waals surface area contributed by atoms with E-state index in [-0.39, 0.29) is 73.8 Å². The van der Waals surface area contributed by atoms with Crippen LogP contribution in [0.25, 0.3) is 0 Å². The van der Waals surface area contributed by atoms with Crippen molar-refractivity contribution in [2.75, 3.05) is 0 Å². The first kappa shape index (κ1) is 29.2. The van der Waals surface area contributed by atoms with Crippen molar-refractivity contribution in [2.24, 2.45) is 0 Å². The van der Waals surface area contributed by atoms with Crippen LogP contribution in [0.15, 0.2) is 6.08 Å². The van der Waals surface area contributed by atoms with Gasteiger partial charge in [-0.05, 0) is 0 Å². The fourth-order valence-corrected chi connectivity index (χ4v) is 0.689. The fourth-order valence-electron chi connectivity index (χ4n) is 0.689. The van der Waals surface area contributed by atoms with E-state index < -0.39 is 0 Å². The molecule has 0 aliphatic heterocycles. The van der Waals surface area contributed by atoms with Gasteiger partial charge in [-0.25, -0.2) is 0 Å². The molecule has 0 heterocycles. The molecule has 0 saturated carbocycles. The molecule has 0 amide bonds. The first-order chi connectivity index (χ1) is 3.91. The molecule has 0 aliphatic rings. The van der Waals surface area contributed by atoms with Gasteiger partial charge in [-0.15, -0.1) is 0 Å². The van der Waals surface area contributed by atoms with Crippen molar-refractivity contribution in [3.05, 3.63) is 12.7 Å². The van der Waals surface area contributed by atoms with Crippen molar-refractivity contribution in [3.8, 4) is 0 Å². The Morgan fingerprint density at radius 2 is 1.58 bits per heavy atom. The number of allylic oxidation sites excluding steroid dienone is 1. The maximum Gasteiger partial charge on any atom is 2.00 e. The van der Waals surface area contributed by atoms with Crippen LogP contribution in [0, 0.1) is 6.58 Å². The van der Waals surface area contributed by atoms with Crippen LogP contribution in [0.5, 0.6) is 0 Å². The monoisotopic (exact) mass is 268 g/mol. The van der Waals surface area contributed by atoms with Crippen LogP contribution in [0.4, 0.5) is 0 Å². The quantitative estimate of drug-likeness (QED) is 0.265. The summed E-state index contributed by atoms with van der Waals surface area (Å²) in [5, 5.41) is 0. The molecule has 0 aliphatic carbocycles. The molecule has 0 aromatic rings. The van der Waals surface area contributed by atoms with Gasteiger partial charge >= 0.3 is 49.0 Å². The van der Waals surface area contributed by atoms with Gasteiger partial charge in [0.05, 0.1) is 0 Å². The molecule has 64 valence electrons. The first-order valence-corrected chi connectivity index (χ1v) is 3.45. The van der Waals surface area contributed by atoms with E-state index in [0.29, 0.717) is 0 Å². The molecule has 4 heteroatoms. The summed E-state index contributed by atoms with van der Waals surface area (Å²) in [6, 6.07) is 0. The molecule has 0 unspecified atom stereocenters. The number of hydrogen-bond donors (Lipinski definition) is 0. The molecule has 0 N–H and O–H groups in total. The van der Waals surface area contributed by atoms with Gasteiger partial charge in [0, 0.05) is 0 Å². The molecule has 0 fully saturated rings. The number of halogens is 2. The minimum absolute atomic E-state index is 0. The number of rotatable bonds is 5. The molecular weight excluding hydrogens is 255 g/mol. The summed E-state index contributed by atoms with van der Waals surface area (Å²) in [6.07, 6.45) is 8.10. The standard InChI is InChI=1S/C8H15.2ClH.Na.Zn/c1-3-5-7-8-6-4-2;;;;/h1,3H,4-8H2,2H3;2*1H;;/q-1;;;+1;+2/p-2. The van der Waals surface area contributed by atoms with Gasteiger partial charge in [0.1, 0.15) is 0 Å². The predicted molar refractivity (Wildman–Crippen MR) is 37.6 cm³/mol. The Morgan fingerprint density at radius 1 is 1.08 bits per heavy atom. The Bertz CT molecular complexity index is 63.0. The van der Waals surface area contributed by atoms with Crippen LogP contribution in [0.2, 0.25) is 0 Å². The largest absolute Gasteiger partial charge is 2.00 e. The van der Waals surface area contributed by atoms with E-state index in [1.165, 1.54) is 25.7 Å². The molecule has 0 saturated heterocycles. The maximum absolute atomic E-state index is 5.19. The second-order valence-corrected chi connectivity index (χ2v) is 2.09. The summed E-state index contributed by atoms with van der Waals surface area (Å²) in [4.78, 5) is 0. The van der Waals surface area contributed by atoms with E-state index in [0.717, 1.165) is 6.42 Å². The zero-order chi connectivity index (χ0) is 6.24. The molecule has 0 radical (unpaired) electrons. The average Bonchev–Trinajstić information content (AvgIpc) is 1.81. The van der Waals surface area contributed by atoms with Crippen LogP contribution >= 0.6 is 0 Å². The second kappa shape index (κ2) is 29.3. The molecule has 0 aromatic carbocycles. The van der Waals surface area contributed by atoms with Crippen molar-refractivity contribution < 1.29 is 73.8 Å².